The molecule has 5 rings (SSSR count). The monoisotopic (exact) mass is 404 g/mol. The van der Waals surface area contributed by atoms with Crippen LogP contribution in [0.1, 0.15) is 50.7 Å². The highest BCUT2D eigenvalue weighted by Gasteiger charge is 2.17. The molecular formula is C29H28N2. The molecule has 31 heavy (non-hydrogen) atoms. The average molecular weight is 405 g/mol. The van der Waals surface area contributed by atoms with Crippen molar-refractivity contribution in [2.24, 2.45) is 0 Å². The molecule has 0 spiro atoms. The van der Waals surface area contributed by atoms with Gasteiger partial charge >= 0.3 is 0 Å². The third kappa shape index (κ3) is 3.23. The molecule has 0 radical (unpaired) electrons. The molecule has 2 heterocycles. The van der Waals surface area contributed by atoms with Crippen LogP contribution in [0.5, 0.6) is 0 Å². The zero-order valence-corrected chi connectivity index (χ0v) is 18.6. The maximum Gasteiger partial charge on any atom is 0.138 e. The predicted molar refractivity (Wildman–Crippen MR) is 132 cm³/mol. The SMILES string of the molecule is CC(C)c1cccc(C(C)C)c1-c1ccnc(-n2c3ccccc3c3ccccc32)c1. The Kier molecular flexibility index (Phi) is 4.86. The summed E-state index contributed by atoms with van der Waals surface area (Å²) in [4.78, 5) is 4.82. The Morgan fingerprint density at radius 3 is 1.74 bits per heavy atom. The summed E-state index contributed by atoms with van der Waals surface area (Å²) in [5.41, 5.74) is 7.76. The molecule has 5 aromatic rings. The van der Waals surface area contributed by atoms with Gasteiger partial charge < -0.3 is 0 Å². The van der Waals surface area contributed by atoms with Crippen LogP contribution in [0.4, 0.5) is 0 Å². The van der Waals surface area contributed by atoms with Gasteiger partial charge in [-0.2, -0.15) is 0 Å². The molecule has 0 atom stereocenters. The number of hydrogen-bond acceptors (Lipinski definition) is 1. The summed E-state index contributed by atoms with van der Waals surface area (Å²) >= 11 is 0. The summed E-state index contributed by atoms with van der Waals surface area (Å²) in [5, 5.41) is 2.52. The van der Waals surface area contributed by atoms with Crippen molar-refractivity contribution in [2.75, 3.05) is 0 Å². The first-order valence-electron chi connectivity index (χ1n) is 11.1. The van der Waals surface area contributed by atoms with Crippen molar-refractivity contribution in [1.29, 1.82) is 0 Å². The largest absolute Gasteiger partial charge is 0.294 e. The molecule has 2 heteroatoms. The van der Waals surface area contributed by atoms with E-state index in [1.165, 1.54) is 44.1 Å². The van der Waals surface area contributed by atoms with Gasteiger partial charge in [0, 0.05) is 17.0 Å². The summed E-state index contributed by atoms with van der Waals surface area (Å²) in [5.74, 6) is 1.88. The first kappa shape index (κ1) is 19.6. The molecular weight excluding hydrogens is 376 g/mol. The van der Waals surface area contributed by atoms with E-state index >= 15 is 0 Å². The summed E-state index contributed by atoms with van der Waals surface area (Å²) < 4.78 is 2.29. The van der Waals surface area contributed by atoms with E-state index in [0.717, 1.165) is 5.82 Å². The summed E-state index contributed by atoms with van der Waals surface area (Å²) in [6.45, 7) is 9.10. The van der Waals surface area contributed by atoms with E-state index in [4.69, 9.17) is 4.98 Å². The highest BCUT2D eigenvalue weighted by Crippen LogP contribution is 2.37. The minimum Gasteiger partial charge on any atom is -0.294 e. The molecule has 0 aliphatic rings. The normalized spacial score (nSPS) is 11.8. The molecule has 2 aromatic heterocycles. The van der Waals surface area contributed by atoms with E-state index in [1.54, 1.807) is 0 Å². The van der Waals surface area contributed by atoms with Crippen LogP contribution in [0.3, 0.4) is 0 Å². The molecule has 0 fully saturated rings. The number of nitrogens with zero attached hydrogens (tertiary/aromatic N) is 2. The van der Waals surface area contributed by atoms with Crippen molar-refractivity contribution in [3.8, 4) is 16.9 Å². The maximum absolute atomic E-state index is 4.82. The summed E-state index contributed by atoms with van der Waals surface area (Å²) in [7, 11) is 0. The second kappa shape index (κ2) is 7.70. The first-order chi connectivity index (χ1) is 15.1. The highest BCUT2D eigenvalue weighted by molar-refractivity contribution is 6.09. The fraction of sp³-hybridized carbons (Fsp3) is 0.207. The average Bonchev–Trinajstić information content (AvgIpc) is 3.13. The molecule has 3 aromatic carbocycles. The van der Waals surface area contributed by atoms with Crippen molar-refractivity contribution >= 4 is 21.8 Å². The number of rotatable bonds is 4. The minimum atomic E-state index is 0.457. The van der Waals surface area contributed by atoms with E-state index < -0.39 is 0 Å². The van der Waals surface area contributed by atoms with Crippen molar-refractivity contribution < 1.29 is 0 Å². The lowest BCUT2D eigenvalue weighted by Crippen LogP contribution is -2.02. The number of hydrogen-bond donors (Lipinski definition) is 0. The predicted octanol–water partition coefficient (Wildman–Crippen LogP) is 8.09. The number of aromatic nitrogens is 2. The smallest absolute Gasteiger partial charge is 0.138 e. The standard InChI is InChI=1S/C29H28N2/c1-19(2)22-12-9-13-23(20(3)4)29(22)21-16-17-30-28(18-21)31-26-14-7-5-10-24(26)25-11-6-8-15-27(25)31/h5-20H,1-4H3. The van der Waals surface area contributed by atoms with Gasteiger partial charge in [-0.05, 0) is 58.4 Å². The summed E-state index contributed by atoms with van der Waals surface area (Å²) in [6.07, 6.45) is 1.95. The lowest BCUT2D eigenvalue weighted by Gasteiger charge is -2.20. The molecule has 2 nitrogen and oxygen atoms in total. The third-order valence-corrected chi connectivity index (χ3v) is 6.22. The van der Waals surface area contributed by atoms with Gasteiger partial charge in [-0.3, -0.25) is 4.57 Å². The minimum absolute atomic E-state index is 0.457. The van der Waals surface area contributed by atoms with Crippen LogP contribution in [-0.2, 0) is 0 Å². The van der Waals surface area contributed by atoms with E-state index in [9.17, 15) is 0 Å². The fourth-order valence-electron chi connectivity index (χ4n) is 4.75. The van der Waals surface area contributed by atoms with E-state index in [0.29, 0.717) is 11.8 Å². The Hall–Kier alpha value is -3.39. The van der Waals surface area contributed by atoms with Gasteiger partial charge in [0.1, 0.15) is 5.82 Å². The number of fused-ring (bicyclic) bond motifs is 3. The molecule has 154 valence electrons. The molecule has 0 saturated carbocycles. The third-order valence-electron chi connectivity index (χ3n) is 6.22. The molecule has 0 aliphatic carbocycles. The van der Waals surface area contributed by atoms with Gasteiger partial charge in [-0.25, -0.2) is 4.98 Å². The Morgan fingerprint density at radius 2 is 1.19 bits per heavy atom. The molecule has 0 N–H and O–H groups in total. The maximum atomic E-state index is 4.82. The Morgan fingerprint density at radius 1 is 0.645 bits per heavy atom. The molecule has 0 aliphatic heterocycles. The van der Waals surface area contributed by atoms with Gasteiger partial charge in [0.15, 0.2) is 0 Å². The van der Waals surface area contributed by atoms with Crippen LogP contribution in [0.25, 0.3) is 38.8 Å². The van der Waals surface area contributed by atoms with Crippen molar-refractivity contribution in [1.82, 2.24) is 9.55 Å². The first-order valence-corrected chi connectivity index (χ1v) is 11.1. The van der Waals surface area contributed by atoms with Gasteiger partial charge in [0.05, 0.1) is 11.0 Å². The van der Waals surface area contributed by atoms with Crippen molar-refractivity contribution in [3.05, 3.63) is 96.2 Å². The summed E-state index contributed by atoms with van der Waals surface area (Å²) in [6, 6.07) is 28.3. The Balaban J connectivity index is 1.80. The van der Waals surface area contributed by atoms with Crippen LogP contribution in [0, 0.1) is 0 Å². The molecule has 0 amide bonds. The zero-order chi connectivity index (χ0) is 21.5. The lowest BCUT2D eigenvalue weighted by atomic mass is 9.85. The van der Waals surface area contributed by atoms with E-state index in [1.807, 2.05) is 6.20 Å². The number of pyridine rings is 1. The van der Waals surface area contributed by atoms with E-state index in [-0.39, 0.29) is 0 Å². The fourth-order valence-corrected chi connectivity index (χ4v) is 4.75. The van der Waals surface area contributed by atoms with Gasteiger partial charge in [-0.15, -0.1) is 0 Å². The highest BCUT2D eigenvalue weighted by atomic mass is 15.1. The second-order valence-electron chi connectivity index (χ2n) is 8.89. The Bertz CT molecular complexity index is 1310. The van der Waals surface area contributed by atoms with Gasteiger partial charge in [0.25, 0.3) is 0 Å². The second-order valence-corrected chi connectivity index (χ2v) is 8.89. The van der Waals surface area contributed by atoms with Crippen LogP contribution >= 0.6 is 0 Å². The van der Waals surface area contributed by atoms with Crippen LogP contribution in [0.2, 0.25) is 0 Å². The lowest BCUT2D eigenvalue weighted by molar-refractivity contribution is 0.838. The van der Waals surface area contributed by atoms with Crippen LogP contribution in [0.15, 0.2) is 85.1 Å². The molecule has 0 bridgehead atoms. The number of para-hydroxylation sites is 2. The number of benzene rings is 3. The van der Waals surface area contributed by atoms with Crippen LogP contribution in [-0.4, -0.2) is 9.55 Å². The van der Waals surface area contributed by atoms with Gasteiger partial charge in [0.2, 0.25) is 0 Å². The Labute approximate surface area is 184 Å². The van der Waals surface area contributed by atoms with E-state index in [2.05, 4.69) is 111 Å². The quantitative estimate of drug-likeness (QED) is 0.296. The zero-order valence-electron chi connectivity index (χ0n) is 18.6. The van der Waals surface area contributed by atoms with Crippen molar-refractivity contribution in [2.45, 2.75) is 39.5 Å². The topological polar surface area (TPSA) is 17.8 Å². The van der Waals surface area contributed by atoms with Gasteiger partial charge in [-0.1, -0.05) is 82.3 Å². The molecule has 0 saturated heterocycles. The molecule has 0 unspecified atom stereocenters. The van der Waals surface area contributed by atoms with Crippen LogP contribution < -0.4 is 0 Å². The van der Waals surface area contributed by atoms with Crippen molar-refractivity contribution in [3.63, 3.8) is 0 Å².